The molecule has 0 aromatic carbocycles. The van der Waals surface area contributed by atoms with Gasteiger partial charge in [-0.05, 0) is 25.7 Å². The maximum Gasteiger partial charge on any atom is 0.305 e. The van der Waals surface area contributed by atoms with E-state index in [-0.39, 0.29) is 18.5 Å². The second-order valence-corrected chi connectivity index (χ2v) is 21.4. The van der Waals surface area contributed by atoms with Gasteiger partial charge in [0.2, 0.25) is 5.91 Å². The van der Waals surface area contributed by atoms with Gasteiger partial charge in [-0.1, -0.05) is 316 Å². The zero-order valence-corrected chi connectivity index (χ0v) is 45.7. The van der Waals surface area contributed by atoms with E-state index >= 15 is 0 Å². The quantitative estimate of drug-likeness (QED) is 0.0417. The molecule has 6 nitrogen and oxygen atoms in total. The number of amides is 1. The van der Waals surface area contributed by atoms with E-state index in [1.54, 1.807) is 0 Å². The van der Waals surface area contributed by atoms with Gasteiger partial charge in [0.25, 0.3) is 0 Å². The van der Waals surface area contributed by atoms with Gasteiger partial charge in [0.05, 0.1) is 25.4 Å². The van der Waals surface area contributed by atoms with Crippen LogP contribution in [0.2, 0.25) is 0 Å². The Kier molecular flexibility index (Phi) is 56.5. The molecule has 3 N–H and O–H groups in total. The lowest BCUT2D eigenvalue weighted by molar-refractivity contribution is -0.143. The van der Waals surface area contributed by atoms with Gasteiger partial charge in [-0.15, -0.1) is 0 Å². The molecule has 6 heteroatoms. The Balaban J connectivity index is 3.40. The molecule has 0 aliphatic heterocycles. The first-order valence-corrected chi connectivity index (χ1v) is 30.8. The highest BCUT2D eigenvalue weighted by molar-refractivity contribution is 5.76. The maximum absolute atomic E-state index is 12.5. The van der Waals surface area contributed by atoms with E-state index < -0.39 is 12.1 Å². The molecule has 0 saturated carbocycles. The average molecular weight is 949 g/mol. The topological polar surface area (TPSA) is 95.9 Å². The summed E-state index contributed by atoms with van der Waals surface area (Å²) in [7, 11) is 0. The number of aliphatic hydroxyl groups excluding tert-OH is 2. The standard InChI is InChI=1S/C61H121NO5/c1-3-5-7-9-11-13-15-17-19-21-22-23-25-29-33-37-41-45-49-53-59(64)58(57-63)62-60(65)54-50-46-42-38-34-30-26-24-28-32-36-40-44-48-52-56-67-61(66)55-51-47-43-39-35-31-27-20-18-16-14-12-10-8-6-4-2/h58-59,63-64H,3-57H2,1-2H3,(H,62,65). The Labute approximate surface area is 419 Å². The van der Waals surface area contributed by atoms with Gasteiger partial charge in [0.15, 0.2) is 0 Å². The molecule has 2 atom stereocenters. The largest absolute Gasteiger partial charge is 0.466 e. The fraction of sp³-hybridized carbons (Fsp3) is 0.967. The summed E-state index contributed by atoms with van der Waals surface area (Å²) in [5.41, 5.74) is 0. The van der Waals surface area contributed by atoms with Crippen LogP contribution in [0.1, 0.15) is 354 Å². The van der Waals surface area contributed by atoms with Crippen molar-refractivity contribution in [3.63, 3.8) is 0 Å². The third-order valence-corrected chi connectivity index (χ3v) is 14.7. The van der Waals surface area contributed by atoms with E-state index in [9.17, 15) is 19.8 Å². The van der Waals surface area contributed by atoms with E-state index in [1.165, 1.54) is 276 Å². The first-order chi connectivity index (χ1) is 33.0. The highest BCUT2D eigenvalue weighted by Gasteiger charge is 2.20. The van der Waals surface area contributed by atoms with Gasteiger partial charge in [-0.2, -0.15) is 0 Å². The molecule has 0 aliphatic rings. The molecule has 0 aliphatic carbocycles. The van der Waals surface area contributed by atoms with Crippen LogP contribution >= 0.6 is 0 Å². The Morgan fingerprint density at radius 1 is 0.358 bits per heavy atom. The summed E-state index contributed by atoms with van der Waals surface area (Å²) in [4.78, 5) is 24.6. The van der Waals surface area contributed by atoms with E-state index in [4.69, 9.17) is 4.74 Å². The fourth-order valence-electron chi connectivity index (χ4n) is 9.94. The molecule has 0 aromatic rings. The Bertz CT molecular complexity index is 959. The molecular formula is C61H121NO5. The van der Waals surface area contributed by atoms with E-state index in [0.717, 1.165) is 44.9 Å². The van der Waals surface area contributed by atoms with Gasteiger partial charge in [0, 0.05) is 12.8 Å². The molecule has 0 radical (unpaired) electrons. The van der Waals surface area contributed by atoms with Gasteiger partial charge in [0.1, 0.15) is 0 Å². The van der Waals surface area contributed by atoms with Crippen molar-refractivity contribution in [3.05, 3.63) is 0 Å². The summed E-state index contributed by atoms with van der Waals surface area (Å²) in [5.74, 6) is -0.0335. The predicted molar refractivity (Wildman–Crippen MR) is 292 cm³/mol. The average Bonchev–Trinajstić information content (AvgIpc) is 3.33. The molecule has 0 bridgehead atoms. The van der Waals surface area contributed by atoms with Crippen molar-refractivity contribution in [2.24, 2.45) is 0 Å². The highest BCUT2D eigenvalue weighted by atomic mass is 16.5. The van der Waals surface area contributed by atoms with Crippen molar-refractivity contribution >= 4 is 11.9 Å². The molecule has 0 fully saturated rings. The molecule has 0 spiro atoms. The van der Waals surface area contributed by atoms with Gasteiger partial charge >= 0.3 is 5.97 Å². The molecular weight excluding hydrogens is 827 g/mol. The van der Waals surface area contributed by atoms with Gasteiger partial charge < -0.3 is 20.3 Å². The number of esters is 1. The van der Waals surface area contributed by atoms with Crippen LogP contribution in [0.5, 0.6) is 0 Å². The summed E-state index contributed by atoms with van der Waals surface area (Å²) in [6, 6.07) is -0.547. The summed E-state index contributed by atoms with van der Waals surface area (Å²) < 4.78 is 5.49. The molecule has 2 unspecified atom stereocenters. The second kappa shape index (κ2) is 57.4. The molecule has 1 amide bonds. The summed E-state index contributed by atoms with van der Waals surface area (Å²) >= 11 is 0. The lowest BCUT2D eigenvalue weighted by Gasteiger charge is -2.22. The number of unbranched alkanes of at least 4 members (excludes halogenated alkanes) is 47. The zero-order chi connectivity index (χ0) is 48.6. The summed E-state index contributed by atoms with van der Waals surface area (Å²) in [5, 5.41) is 23.3. The number of hydrogen-bond acceptors (Lipinski definition) is 5. The molecule has 0 rings (SSSR count). The normalized spacial score (nSPS) is 12.5. The van der Waals surface area contributed by atoms with Crippen molar-refractivity contribution in [2.75, 3.05) is 13.2 Å². The van der Waals surface area contributed by atoms with Gasteiger partial charge in [-0.25, -0.2) is 0 Å². The van der Waals surface area contributed by atoms with E-state index in [2.05, 4.69) is 19.2 Å². The Morgan fingerprint density at radius 3 is 0.910 bits per heavy atom. The molecule has 0 saturated heterocycles. The van der Waals surface area contributed by atoms with Crippen LogP contribution in [-0.4, -0.2) is 47.4 Å². The van der Waals surface area contributed by atoms with Crippen LogP contribution in [0.4, 0.5) is 0 Å². The molecule has 0 heterocycles. The van der Waals surface area contributed by atoms with Crippen molar-refractivity contribution in [3.8, 4) is 0 Å². The zero-order valence-electron chi connectivity index (χ0n) is 45.7. The number of carbonyl (C=O) groups excluding carboxylic acids is 2. The second-order valence-electron chi connectivity index (χ2n) is 21.4. The van der Waals surface area contributed by atoms with Crippen LogP contribution in [0.15, 0.2) is 0 Å². The van der Waals surface area contributed by atoms with Crippen LogP contribution in [-0.2, 0) is 14.3 Å². The minimum Gasteiger partial charge on any atom is -0.466 e. The van der Waals surface area contributed by atoms with Crippen LogP contribution in [0.25, 0.3) is 0 Å². The molecule has 67 heavy (non-hydrogen) atoms. The molecule has 0 aromatic heterocycles. The van der Waals surface area contributed by atoms with Crippen LogP contribution < -0.4 is 5.32 Å². The third-order valence-electron chi connectivity index (χ3n) is 14.7. The Hall–Kier alpha value is -1.14. The third kappa shape index (κ3) is 54.0. The minimum absolute atomic E-state index is 0.00553. The van der Waals surface area contributed by atoms with Crippen molar-refractivity contribution in [1.29, 1.82) is 0 Å². The van der Waals surface area contributed by atoms with E-state index in [0.29, 0.717) is 25.9 Å². The number of aliphatic hydroxyl groups is 2. The number of rotatable bonds is 58. The number of nitrogens with one attached hydrogen (secondary N) is 1. The monoisotopic (exact) mass is 948 g/mol. The number of carbonyl (C=O) groups is 2. The highest BCUT2D eigenvalue weighted by Crippen LogP contribution is 2.18. The summed E-state index contributed by atoms with van der Waals surface area (Å²) in [6.45, 7) is 4.97. The predicted octanol–water partition coefficient (Wildman–Crippen LogP) is 19.1. The first-order valence-electron chi connectivity index (χ1n) is 30.8. The van der Waals surface area contributed by atoms with Crippen LogP contribution in [0.3, 0.4) is 0 Å². The smallest absolute Gasteiger partial charge is 0.305 e. The van der Waals surface area contributed by atoms with E-state index in [1.807, 2.05) is 0 Å². The first kappa shape index (κ1) is 65.9. The van der Waals surface area contributed by atoms with Crippen LogP contribution in [0, 0.1) is 0 Å². The van der Waals surface area contributed by atoms with Gasteiger partial charge in [-0.3, -0.25) is 9.59 Å². The maximum atomic E-state index is 12.5. The number of ether oxygens (including phenoxy) is 1. The SMILES string of the molecule is CCCCCCCCCCCCCCCCCCCCCC(O)C(CO)NC(=O)CCCCCCCCCCCCCCCCCOC(=O)CCCCCCCCCCCCCCCCCC. The van der Waals surface area contributed by atoms with Crippen molar-refractivity contribution < 1.29 is 24.5 Å². The summed E-state index contributed by atoms with van der Waals surface area (Å²) in [6.07, 6.45) is 66.7. The lowest BCUT2D eigenvalue weighted by atomic mass is 10.0. The number of hydrogen-bond donors (Lipinski definition) is 3. The van der Waals surface area contributed by atoms with Crippen molar-refractivity contribution in [1.82, 2.24) is 5.32 Å². The Morgan fingerprint density at radius 2 is 0.612 bits per heavy atom. The molecule has 400 valence electrons. The van der Waals surface area contributed by atoms with Crippen molar-refractivity contribution in [2.45, 2.75) is 366 Å². The fourth-order valence-corrected chi connectivity index (χ4v) is 9.94. The minimum atomic E-state index is -0.669. The lowest BCUT2D eigenvalue weighted by Crippen LogP contribution is -2.45.